The normalized spacial score (nSPS) is 15.8. The maximum atomic E-state index is 11.5. The largest absolute Gasteiger partial charge is 0.772 e. The van der Waals surface area contributed by atoms with Gasteiger partial charge in [0.05, 0.1) is 10.8 Å². The summed E-state index contributed by atoms with van der Waals surface area (Å²) >= 11 is -2.33. The van der Waals surface area contributed by atoms with Crippen LogP contribution in [0, 0.1) is 16.0 Å². The second-order valence-electron chi connectivity index (χ2n) is 4.20. The van der Waals surface area contributed by atoms with E-state index in [2.05, 4.69) is 0 Å². The van der Waals surface area contributed by atoms with Crippen molar-refractivity contribution in [2.45, 2.75) is 18.6 Å². The van der Waals surface area contributed by atoms with Crippen LogP contribution in [-0.2, 0) is 21.6 Å². The number of rotatable bonds is 5. The van der Waals surface area contributed by atoms with Gasteiger partial charge in [-0.1, -0.05) is 17.1 Å². The lowest BCUT2D eigenvalue weighted by molar-refractivity contribution is -0.385. The van der Waals surface area contributed by atoms with Crippen molar-refractivity contribution in [3.63, 3.8) is 0 Å². The molecule has 0 N–H and O–H groups in total. The molecular weight excluding hydrogens is 274 g/mol. The first-order valence-corrected chi connectivity index (χ1v) is 6.76. The standard InChI is InChI=1S/C11H11NO6S/c13-11(8-2-3-8)18-10-4-1-7(6-19(16)17)5-9(10)12(14)15/h1,4-5,8H,2-3,6H2,(H,16,17)/p-1. The molecule has 1 saturated carbocycles. The number of carbonyl (C=O) groups excluding carboxylic acids is 1. The Morgan fingerprint density at radius 2 is 2.16 bits per heavy atom. The molecule has 1 aliphatic carbocycles. The third kappa shape index (κ3) is 3.58. The number of nitro benzene ring substituents is 1. The van der Waals surface area contributed by atoms with Crippen LogP contribution < -0.4 is 4.74 Å². The molecule has 102 valence electrons. The van der Waals surface area contributed by atoms with Gasteiger partial charge >= 0.3 is 11.7 Å². The molecule has 7 nitrogen and oxygen atoms in total. The summed E-state index contributed by atoms with van der Waals surface area (Å²) in [6, 6.07) is 3.74. The summed E-state index contributed by atoms with van der Waals surface area (Å²) in [6.45, 7) is 0. The zero-order valence-corrected chi connectivity index (χ0v) is 10.6. The SMILES string of the molecule is O=C(Oc1ccc(CS(=O)[O-])cc1[N+](=O)[O-])C1CC1. The smallest absolute Gasteiger partial charge is 0.314 e. The summed E-state index contributed by atoms with van der Waals surface area (Å²) in [5, 5.41) is 10.9. The van der Waals surface area contributed by atoms with Crippen LogP contribution in [0.15, 0.2) is 18.2 Å². The maximum absolute atomic E-state index is 11.5. The summed E-state index contributed by atoms with van der Waals surface area (Å²) < 4.78 is 26.1. The lowest BCUT2D eigenvalue weighted by atomic mass is 10.2. The summed E-state index contributed by atoms with van der Waals surface area (Å²) in [4.78, 5) is 21.7. The van der Waals surface area contributed by atoms with E-state index in [9.17, 15) is 23.7 Å². The van der Waals surface area contributed by atoms with Gasteiger partial charge in [0.2, 0.25) is 5.75 Å². The minimum atomic E-state index is -2.33. The maximum Gasteiger partial charge on any atom is 0.314 e. The molecule has 0 aromatic heterocycles. The first-order valence-electron chi connectivity index (χ1n) is 5.52. The summed E-state index contributed by atoms with van der Waals surface area (Å²) in [7, 11) is 0. The molecular formula is C11H10NO6S-. The third-order valence-corrected chi connectivity index (χ3v) is 3.19. The van der Waals surface area contributed by atoms with Crippen LogP contribution in [0.25, 0.3) is 0 Å². The topological polar surface area (TPSA) is 110 Å². The van der Waals surface area contributed by atoms with Crippen LogP contribution in [-0.4, -0.2) is 19.7 Å². The number of benzene rings is 1. The number of carbonyl (C=O) groups is 1. The van der Waals surface area contributed by atoms with E-state index in [4.69, 9.17) is 4.74 Å². The Morgan fingerprint density at radius 1 is 1.47 bits per heavy atom. The van der Waals surface area contributed by atoms with E-state index >= 15 is 0 Å². The first kappa shape index (κ1) is 13.6. The van der Waals surface area contributed by atoms with Crippen molar-refractivity contribution in [1.82, 2.24) is 0 Å². The number of nitrogens with zero attached hydrogens (tertiary/aromatic N) is 1. The molecule has 0 saturated heterocycles. The van der Waals surface area contributed by atoms with Crippen LogP contribution in [0.5, 0.6) is 5.75 Å². The predicted octanol–water partition coefficient (Wildman–Crippen LogP) is 1.29. The number of hydrogen-bond donors (Lipinski definition) is 0. The zero-order chi connectivity index (χ0) is 14.0. The van der Waals surface area contributed by atoms with Crippen molar-refractivity contribution >= 4 is 22.7 Å². The number of ether oxygens (including phenoxy) is 1. The molecule has 19 heavy (non-hydrogen) atoms. The van der Waals surface area contributed by atoms with Crippen molar-refractivity contribution in [1.29, 1.82) is 0 Å². The molecule has 0 amide bonds. The van der Waals surface area contributed by atoms with E-state index in [0.29, 0.717) is 0 Å². The highest BCUT2D eigenvalue weighted by Crippen LogP contribution is 2.34. The fourth-order valence-electron chi connectivity index (χ4n) is 1.53. The molecule has 0 aliphatic heterocycles. The molecule has 0 radical (unpaired) electrons. The van der Waals surface area contributed by atoms with Crippen molar-refractivity contribution in [3.05, 3.63) is 33.9 Å². The van der Waals surface area contributed by atoms with Crippen molar-refractivity contribution in [2.75, 3.05) is 0 Å². The van der Waals surface area contributed by atoms with Crippen LogP contribution in [0.3, 0.4) is 0 Å². The van der Waals surface area contributed by atoms with E-state index in [1.54, 1.807) is 0 Å². The summed E-state index contributed by atoms with van der Waals surface area (Å²) in [5.74, 6) is -1.13. The Morgan fingerprint density at radius 3 is 2.68 bits per heavy atom. The van der Waals surface area contributed by atoms with E-state index in [-0.39, 0.29) is 23.0 Å². The molecule has 1 atom stereocenters. The molecule has 1 aromatic rings. The average molecular weight is 284 g/mol. The van der Waals surface area contributed by atoms with Crippen LogP contribution in [0.2, 0.25) is 0 Å². The lowest BCUT2D eigenvalue weighted by Crippen LogP contribution is -2.11. The highest BCUT2D eigenvalue weighted by Gasteiger charge is 2.33. The average Bonchev–Trinajstić information content (AvgIpc) is 3.13. The van der Waals surface area contributed by atoms with E-state index in [1.165, 1.54) is 12.1 Å². The highest BCUT2D eigenvalue weighted by atomic mass is 32.2. The second-order valence-corrected chi connectivity index (χ2v) is 5.10. The van der Waals surface area contributed by atoms with Crippen molar-refractivity contribution in [2.24, 2.45) is 5.92 Å². The van der Waals surface area contributed by atoms with E-state index in [1.807, 2.05) is 0 Å². The molecule has 0 spiro atoms. The quantitative estimate of drug-likeness (QED) is 0.265. The fourth-order valence-corrected chi connectivity index (χ4v) is 1.98. The van der Waals surface area contributed by atoms with Gasteiger partial charge in [0.25, 0.3) is 0 Å². The van der Waals surface area contributed by atoms with Crippen LogP contribution >= 0.6 is 0 Å². The van der Waals surface area contributed by atoms with Gasteiger partial charge in [0, 0.05) is 11.8 Å². The number of hydrogen-bond acceptors (Lipinski definition) is 6. The second kappa shape index (κ2) is 5.45. The molecule has 1 aromatic carbocycles. The Bertz CT molecular complexity index is 554. The minimum Gasteiger partial charge on any atom is -0.772 e. The van der Waals surface area contributed by atoms with Crippen molar-refractivity contribution < 1.29 is 23.2 Å². The molecule has 8 heteroatoms. The summed E-state index contributed by atoms with van der Waals surface area (Å²) in [6.07, 6.45) is 1.47. The Hall–Kier alpha value is -1.80. The monoisotopic (exact) mass is 284 g/mol. The van der Waals surface area contributed by atoms with Gasteiger partial charge < -0.3 is 9.29 Å². The van der Waals surface area contributed by atoms with Crippen LogP contribution in [0.4, 0.5) is 5.69 Å². The molecule has 0 heterocycles. The first-order chi connectivity index (χ1) is 8.97. The Labute approximate surface area is 111 Å². The minimum absolute atomic E-state index is 0.151. The third-order valence-electron chi connectivity index (χ3n) is 2.63. The van der Waals surface area contributed by atoms with Gasteiger partial charge in [-0.05, 0) is 24.5 Å². The van der Waals surface area contributed by atoms with Gasteiger partial charge in [-0.3, -0.25) is 19.1 Å². The zero-order valence-electron chi connectivity index (χ0n) is 9.74. The molecule has 2 rings (SSSR count). The van der Waals surface area contributed by atoms with Gasteiger partial charge in [0.1, 0.15) is 0 Å². The van der Waals surface area contributed by atoms with Gasteiger partial charge in [-0.15, -0.1) is 0 Å². The number of esters is 1. The van der Waals surface area contributed by atoms with Gasteiger partial charge in [-0.25, -0.2) is 0 Å². The molecule has 1 aliphatic rings. The van der Waals surface area contributed by atoms with E-state index in [0.717, 1.165) is 18.9 Å². The molecule has 1 unspecified atom stereocenters. The van der Waals surface area contributed by atoms with Crippen LogP contribution in [0.1, 0.15) is 18.4 Å². The van der Waals surface area contributed by atoms with Crippen molar-refractivity contribution in [3.8, 4) is 5.75 Å². The number of nitro groups is 1. The molecule has 0 bridgehead atoms. The lowest BCUT2D eigenvalue weighted by Gasteiger charge is -2.08. The Kier molecular flexibility index (Phi) is 3.91. The van der Waals surface area contributed by atoms with E-state index < -0.39 is 27.7 Å². The Balaban J connectivity index is 2.23. The predicted molar refractivity (Wildman–Crippen MR) is 64.1 cm³/mol. The van der Waals surface area contributed by atoms with Gasteiger partial charge in [-0.2, -0.15) is 0 Å². The highest BCUT2D eigenvalue weighted by molar-refractivity contribution is 7.78. The fraction of sp³-hybridized carbons (Fsp3) is 0.364. The van der Waals surface area contributed by atoms with Gasteiger partial charge in [0.15, 0.2) is 0 Å². The molecule has 1 fully saturated rings. The summed E-state index contributed by atoms with van der Waals surface area (Å²) in [5.41, 5.74) is -0.136.